The van der Waals surface area contributed by atoms with Crippen molar-refractivity contribution in [3.8, 4) is 0 Å². The van der Waals surface area contributed by atoms with Crippen LogP contribution in [0.1, 0.15) is 12.8 Å². The lowest BCUT2D eigenvalue weighted by Gasteiger charge is -2.20. The van der Waals surface area contributed by atoms with Crippen LogP contribution < -0.4 is 16.8 Å². The van der Waals surface area contributed by atoms with Crippen molar-refractivity contribution in [1.82, 2.24) is 5.32 Å². The predicted octanol–water partition coefficient (Wildman–Crippen LogP) is -4.24. The summed E-state index contributed by atoms with van der Waals surface area (Å²) in [5, 5.41) is 45.9. The molecule has 0 aliphatic heterocycles. The monoisotopic (exact) mass is 336 g/mol. The Hall–Kier alpha value is -1.79. The van der Waals surface area contributed by atoms with Crippen molar-refractivity contribution in [2.75, 3.05) is 19.8 Å². The summed E-state index contributed by atoms with van der Waals surface area (Å²) in [7, 11) is 0. The number of ketones is 1. The van der Waals surface area contributed by atoms with Gasteiger partial charge in [-0.05, 0) is 12.8 Å². The van der Waals surface area contributed by atoms with E-state index in [1.807, 2.05) is 0 Å². The van der Waals surface area contributed by atoms with Crippen LogP contribution in [0, 0.1) is 5.41 Å². The summed E-state index contributed by atoms with van der Waals surface area (Å²) in [5.41, 5.74) is 10.6. The van der Waals surface area contributed by atoms with Gasteiger partial charge in [-0.2, -0.15) is 0 Å². The van der Waals surface area contributed by atoms with Gasteiger partial charge in [-0.15, -0.1) is 0 Å². The molecule has 0 aliphatic carbocycles. The van der Waals surface area contributed by atoms with Crippen molar-refractivity contribution in [3.63, 3.8) is 0 Å². The highest BCUT2D eigenvalue weighted by Gasteiger charge is 2.30. The number of rotatable bonds is 11. The molecule has 23 heavy (non-hydrogen) atoms. The second-order valence-corrected chi connectivity index (χ2v) is 4.85. The van der Waals surface area contributed by atoms with Gasteiger partial charge in [-0.1, -0.05) is 0 Å². The highest BCUT2D eigenvalue weighted by Crippen LogP contribution is 2.03. The fourth-order valence-corrected chi connectivity index (χ4v) is 1.51. The number of nitrogens with two attached hydrogens (primary N) is 2. The molecule has 0 aromatic carbocycles. The average Bonchev–Trinajstić information content (AvgIpc) is 2.53. The Labute approximate surface area is 132 Å². The van der Waals surface area contributed by atoms with E-state index in [0.717, 1.165) is 0 Å². The van der Waals surface area contributed by atoms with Gasteiger partial charge in [0.25, 0.3) is 0 Å². The molecule has 0 unspecified atom stereocenters. The number of carbonyl (C=O) groups excluding carboxylic acids is 2. The Morgan fingerprint density at radius 1 is 1.26 bits per heavy atom. The summed E-state index contributed by atoms with van der Waals surface area (Å²) >= 11 is 0. The fourth-order valence-electron chi connectivity index (χ4n) is 1.51. The molecule has 0 saturated carbocycles. The molecule has 0 saturated heterocycles. The van der Waals surface area contributed by atoms with Gasteiger partial charge in [0.1, 0.15) is 24.4 Å². The molecular weight excluding hydrogens is 312 g/mol. The van der Waals surface area contributed by atoms with Gasteiger partial charge < -0.3 is 41.9 Å². The summed E-state index contributed by atoms with van der Waals surface area (Å²) in [6.45, 7) is -1.32. The maximum absolute atomic E-state index is 11.5. The summed E-state index contributed by atoms with van der Waals surface area (Å²) in [6.07, 6.45) is -4.92. The molecule has 0 aromatic heterocycles. The molecule has 0 aliphatic rings. The maximum Gasteiger partial charge on any atom is 0.323 e. The van der Waals surface area contributed by atoms with Crippen LogP contribution in [0.25, 0.3) is 0 Å². The molecule has 0 fully saturated rings. The lowest BCUT2D eigenvalue weighted by Crippen LogP contribution is -2.45. The molecule has 11 heteroatoms. The average molecular weight is 336 g/mol. The Bertz CT molecular complexity index is 407. The maximum atomic E-state index is 11.5. The summed E-state index contributed by atoms with van der Waals surface area (Å²) in [5.74, 6) is -2.11. The van der Waals surface area contributed by atoms with E-state index in [0.29, 0.717) is 13.0 Å². The zero-order chi connectivity index (χ0) is 18.0. The van der Waals surface area contributed by atoms with Crippen LogP contribution in [0.5, 0.6) is 0 Å². The number of aliphatic hydroxyl groups is 4. The van der Waals surface area contributed by atoms with Gasteiger partial charge >= 0.3 is 5.97 Å². The largest absolute Gasteiger partial charge is 0.456 e. The van der Waals surface area contributed by atoms with Crippen molar-refractivity contribution >= 4 is 17.7 Å². The Morgan fingerprint density at radius 3 is 2.39 bits per heavy atom. The number of nitrogens with one attached hydrogen (secondary N) is 2. The van der Waals surface area contributed by atoms with E-state index in [2.05, 4.69) is 10.1 Å². The third-order valence-electron chi connectivity index (χ3n) is 2.90. The van der Waals surface area contributed by atoms with E-state index in [1.165, 1.54) is 0 Å². The predicted molar refractivity (Wildman–Crippen MR) is 78.2 cm³/mol. The number of hydrogen-bond acceptors (Lipinski definition) is 9. The van der Waals surface area contributed by atoms with Crippen molar-refractivity contribution in [3.05, 3.63) is 0 Å². The van der Waals surface area contributed by atoms with E-state index in [4.69, 9.17) is 27.1 Å². The number of carbonyl (C=O) groups is 2. The van der Waals surface area contributed by atoms with Crippen LogP contribution in [0.15, 0.2) is 0 Å². The summed E-state index contributed by atoms with van der Waals surface area (Å²) < 4.78 is 4.61. The van der Waals surface area contributed by atoms with Crippen LogP contribution in [0.4, 0.5) is 0 Å². The number of aliphatic hydroxyl groups excluding tert-OH is 4. The van der Waals surface area contributed by atoms with E-state index >= 15 is 0 Å². The van der Waals surface area contributed by atoms with Crippen molar-refractivity contribution in [2.24, 2.45) is 11.5 Å². The normalized spacial score (nSPS) is 16.0. The molecule has 0 bridgehead atoms. The fraction of sp³-hybridized carbons (Fsp3) is 0.750. The minimum absolute atomic E-state index is 0.204. The standard InChI is InChI=1S/C12H24N4O7/c13-6(2-1-3-16-12(14)15)11(22)23-5-8(19)10(21)9(20)7(18)4-17/h6-7,9-10,17-18,20-21H,1-5,13H2,(H4,14,15,16)/t6-,7+,9+,10+/m0/s1. The lowest BCUT2D eigenvalue weighted by molar-refractivity contribution is -0.156. The zero-order valence-corrected chi connectivity index (χ0v) is 12.5. The van der Waals surface area contributed by atoms with Gasteiger partial charge in [0.05, 0.1) is 6.61 Å². The smallest absolute Gasteiger partial charge is 0.323 e. The van der Waals surface area contributed by atoms with Crippen LogP contribution in [0.2, 0.25) is 0 Å². The molecule has 0 aromatic rings. The van der Waals surface area contributed by atoms with Crippen LogP contribution in [0.3, 0.4) is 0 Å². The first kappa shape index (κ1) is 21.2. The minimum Gasteiger partial charge on any atom is -0.456 e. The topological polar surface area (TPSA) is 212 Å². The van der Waals surface area contributed by atoms with Crippen molar-refractivity contribution in [2.45, 2.75) is 37.2 Å². The van der Waals surface area contributed by atoms with Gasteiger partial charge in [0.15, 0.2) is 12.6 Å². The van der Waals surface area contributed by atoms with E-state index in [9.17, 15) is 19.8 Å². The number of guanidine groups is 1. The van der Waals surface area contributed by atoms with Gasteiger partial charge in [-0.25, -0.2) is 0 Å². The third kappa shape index (κ3) is 8.42. The first-order chi connectivity index (χ1) is 10.7. The highest BCUT2D eigenvalue weighted by atomic mass is 16.5. The SMILES string of the molecule is N=C(N)NCCC[C@H](N)C(=O)OCC(=O)[C@@H](O)[C@H](O)[C@H](O)CO. The quantitative estimate of drug-likeness (QED) is 0.0787. The van der Waals surface area contributed by atoms with Crippen LogP contribution >= 0.6 is 0 Å². The van der Waals surface area contributed by atoms with Crippen molar-refractivity contribution < 1.29 is 34.8 Å². The van der Waals surface area contributed by atoms with E-state index in [-0.39, 0.29) is 12.4 Å². The van der Waals surface area contributed by atoms with Gasteiger partial charge in [0.2, 0.25) is 5.78 Å². The highest BCUT2D eigenvalue weighted by molar-refractivity contribution is 5.87. The third-order valence-corrected chi connectivity index (χ3v) is 2.90. The van der Waals surface area contributed by atoms with E-state index < -0.39 is 49.3 Å². The number of esters is 1. The van der Waals surface area contributed by atoms with Crippen LogP contribution in [-0.4, -0.2) is 82.3 Å². The Morgan fingerprint density at radius 2 is 1.87 bits per heavy atom. The molecule has 0 radical (unpaired) electrons. The summed E-state index contributed by atoms with van der Waals surface area (Å²) in [6, 6.07) is -0.998. The molecule has 0 spiro atoms. The molecular formula is C12H24N4O7. The van der Waals surface area contributed by atoms with Gasteiger partial charge in [-0.3, -0.25) is 15.0 Å². The summed E-state index contributed by atoms with van der Waals surface area (Å²) in [4.78, 5) is 23.0. The number of Topliss-reactive ketones (excluding diaryl/α,β-unsaturated/α-hetero) is 1. The molecule has 0 amide bonds. The second-order valence-electron chi connectivity index (χ2n) is 4.85. The Kier molecular flexibility index (Phi) is 10.0. The Balaban J connectivity index is 4.11. The first-order valence-electron chi connectivity index (χ1n) is 6.88. The minimum atomic E-state index is -2.00. The van der Waals surface area contributed by atoms with Gasteiger partial charge in [0, 0.05) is 6.54 Å². The number of ether oxygens (including phenoxy) is 1. The second kappa shape index (κ2) is 10.9. The molecule has 0 rings (SSSR count). The molecule has 0 heterocycles. The zero-order valence-electron chi connectivity index (χ0n) is 12.5. The first-order valence-corrected chi connectivity index (χ1v) is 6.88. The lowest BCUT2D eigenvalue weighted by atomic mass is 10.1. The van der Waals surface area contributed by atoms with Crippen molar-refractivity contribution in [1.29, 1.82) is 5.41 Å². The molecule has 10 N–H and O–H groups in total. The molecule has 4 atom stereocenters. The van der Waals surface area contributed by atoms with Crippen LogP contribution in [-0.2, 0) is 14.3 Å². The molecule has 11 nitrogen and oxygen atoms in total. The number of hydrogen-bond donors (Lipinski definition) is 8. The van der Waals surface area contributed by atoms with E-state index in [1.54, 1.807) is 0 Å². The molecule has 134 valence electrons.